The smallest absolute Gasteiger partial charge is 0.0541 e. The number of aryl methyl sites for hydroxylation is 1. The van der Waals surface area contributed by atoms with Crippen molar-refractivity contribution < 1.29 is 0 Å². The largest absolute Gasteiger partial charge is 0.309 e. The van der Waals surface area contributed by atoms with Gasteiger partial charge in [0.1, 0.15) is 0 Å². The van der Waals surface area contributed by atoms with Crippen LogP contribution in [0, 0.1) is 6.92 Å². The highest BCUT2D eigenvalue weighted by molar-refractivity contribution is 6.09. The van der Waals surface area contributed by atoms with Crippen LogP contribution in [0.25, 0.3) is 49.7 Å². The molecule has 6 rings (SSSR count). The molecule has 0 amide bonds. The van der Waals surface area contributed by atoms with Gasteiger partial charge in [0, 0.05) is 16.5 Å². The van der Waals surface area contributed by atoms with Crippen LogP contribution < -0.4 is 0 Å². The predicted octanol–water partition coefficient (Wildman–Crippen LogP) is 8.43. The summed E-state index contributed by atoms with van der Waals surface area (Å²) in [7, 11) is 0. The van der Waals surface area contributed by atoms with Gasteiger partial charge in [0.05, 0.1) is 11.0 Å². The fourth-order valence-corrected chi connectivity index (χ4v) is 4.85. The van der Waals surface area contributed by atoms with Gasteiger partial charge < -0.3 is 4.57 Å². The van der Waals surface area contributed by atoms with Gasteiger partial charge in [-0.25, -0.2) is 0 Å². The van der Waals surface area contributed by atoms with Gasteiger partial charge in [-0.05, 0) is 59.0 Å². The number of hydrogen-bond donors (Lipinski definition) is 0. The standard InChI is InChI=1S/C31H23N/c1-22-19-24(27-14-6-5-13-26(27)23-11-3-2-4-12-23)21-25(20-22)32-30-17-9-7-15-28(30)29-16-8-10-18-31(29)32/h2-21H,1H3. The molecule has 0 unspecified atom stereocenters. The molecule has 1 heterocycles. The van der Waals surface area contributed by atoms with E-state index in [0.717, 1.165) is 0 Å². The third kappa shape index (κ3) is 3.02. The van der Waals surface area contributed by atoms with E-state index in [1.54, 1.807) is 0 Å². The molecule has 0 saturated carbocycles. The maximum Gasteiger partial charge on any atom is 0.0541 e. The van der Waals surface area contributed by atoms with Crippen LogP contribution in [0.3, 0.4) is 0 Å². The van der Waals surface area contributed by atoms with Crippen LogP contribution in [0.4, 0.5) is 0 Å². The summed E-state index contributed by atoms with van der Waals surface area (Å²) in [6.45, 7) is 2.19. The van der Waals surface area contributed by atoms with Crippen LogP contribution in [0.15, 0.2) is 121 Å². The highest BCUT2D eigenvalue weighted by Gasteiger charge is 2.14. The molecule has 0 saturated heterocycles. The number of fused-ring (bicyclic) bond motifs is 3. The zero-order valence-electron chi connectivity index (χ0n) is 18.0. The average molecular weight is 410 g/mol. The van der Waals surface area contributed by atoms with E-state index in [-0.39, 0.29) is 0 Å². The van der Waals surface area contributed by atoms with E-state index in [9.17, 15) is 0 Å². The second kappa shape index (κ2) is 7.55. The molecule has 0 N–H and O–H groups in total. The van der Waals surface area contributed by atoms with E-state index in [1.165, 1.54) is 55.3 Å². The number of aromatic nitrogens is 1. The normalized spacial score (nSPS) is 11.3. The third-order valence-electron chi connectivity index (χ3n) is 6.22. The lowest BCUT2D eigenvalue weighted by Crippen LogP contribution is -1.96. The molecule has 1 aromatic heterocycles. The van der Waals surface area contributed by atoms with Crippen LogP contribution in [-0.2, 0) is 0 Å². The summed E-state index contributed by atoms with van der Waals surface area (Å²) in [5.74, 6) is 0. The second-order valence-electron chi connectivity index (χ2n) is 8.34. The highest BCUT2D eigenvalue weighted by Crippen LogP contribution is 2.36. The molecule has 1 heteroatoms. The van der Waals surface area contributed by atoms with Gasteiger partial charge in [-0.15, -0.1) is 0 Å². The van der Waals surface area contributed by atoms with E-state index < -0.39 is 0 Å². The molecule has 0 aliphatic carbocycles. The van der Waals surface area contributed by atoms with E-state index in [2.05, 4.69) is 133 Å². The molecule has 0 radical (unpaired) electrons. The number of para-hydroxylation sites is 2. The Morgan fingerprint density at radius 2 is 1.00 bits per heavy atom. The Morgan fingerprint density at radius 3 is 1.66 bits per heavy atom. The fraction of sp³-hybridized carbons (Fsp3) is 0.0323. The second-order valence-corrected chi connectivity index (χ2v) is 8.34. The lowest BCUT2D eigenvalue weighted by Gasteiger charge is -2.15. The van der Waals surface area contributed by atoms with E-state index in [0.29, 0.717) is 0 Å². The number of rotatable bonds is 3. The number of benzene rings is 5. The minimum Gasteiger partial charge on any atom is -0.309 e. The predicted molar refractivity (Wildman–Crippen MR) is 136 cm³/mol. The Balaban J connectivity index is 1.62. The first-order valence-corrected chi connectivity index (χ1v) is 11.0. The van der Waals surface area contributed by atoms with Crippen LogP contribution in [0.5, 0.6) is 0 Å². The first-order valence-electron chi connectivity index (χ1n) is 11.0. The number of hydrogen-bond acceptors (Lipinski definition) is 0. The molecule has 0 atom stereocenters. The van der Waals surface area contributed by atoms with Gasteiger partial charge in [0.15, 0.2) is 0 Å². The fourth-order valence-electron chi connectivity index (χ4n) is 4.85. The van der Waals surface area contributed by atoms with Crippen molar-refractivity contribution in [2.45, 2.75) is 6.92 Å². The van der Waals surface area contributed by atoms with Crippen molar-refractivity contribution in [3.05, 3.63) is 127 Å². The van der Waals surface area contributed by atoms with Crippen LogP contribution in [0.1, 0.15) is 5.56 Å². The first kappa shape index (κ1) is 18.7. The van der Waals surface area contributed by atoms with Crippen molar-refractivity contribution in [3.8, 4) is 27.9 Å². The molecule has 0 spiro atoms. The van der Waals surface area contributed by atoms with E-state index in [1.807, 2.05) is 0 Å². The van der Waals surface area contributed by atoms with Crippen LogP contribution >= 0.6 is 0 Å². The molecule has 0 aliphatic rings. The molecule has 6 aromatic rings. The maximum absolute atomic E-state index is 2.40. The summed E-state index contributed by atoms with van der Waals surface area (Å²) in [5.41, 5.74) is 9.91. The van der Waals surface area contributed by atoms with Gasteiger partial charge in [-0.2, -0.15) is 0 Å². The summed E-state index contributed by atoms with van der Waals surface area (Å²) in [4.78, 5) is 0. The molecule has 32 heavy (non-hydrogen) atoms. The van der Waals surface area contributed by atoms with Crippen molar-refractivity contribution >= 4 is 21.8 Å². The summed E-state index contributed by atoms with van der Waals surface area (Å²) in [5, 5.41) is 2.58. The van der Waals surface area contributed by atoms with Gasteiger partial charge in [0.25, 0.3) is 0 Å². The molecule has 1 nitrogen and oxygen atoms in total. The molecule has 0 aliphatic heterocycles. The Hall–Kier alpha value is -4.10. The van der Waals surface area contributed by atoms with Gasteiger partial charge in [-0.1, -0.05) is 97.1 Å². The highest BCUT2D eigenvalue weighted by atomic mass is 15.0. The molecule has 0 bridgehead atoms. The van der Waals surface area contributed by atoms with Crippen molar-refractivity contribution in [2.24, 2.45) is 0 Å². The summed E-state index contributed by atoms with van der Waals surface area (Å²) in [6, 6.07) is 43.6. The average Bonchev–Trinajstić information content (AvgIpc) is 3.19. The summed E-state index contributed by atoms with van der Waals surface area (Å²) in [6.07, 6.45) is 0. The molecule has 152 valence electrons. The quantitative estimate of drug-likeness (QED) is 0.276. The van der Waals surface area contributed by atoms with Crippen molar-refractivity contribution in [3.63, 3.8) is 0 Å². The lowest BCUT2D eigenvalue weighted by atomic mass is 9.93. The zero-order chi connectivity index (χ0) is 21.5. The number of nitrogens with zero attached hydrogens (tertiary/aromatic N) is 1. The minimum atomic E-state index is 1.19. The van der Waals surface area contributed by atoms with E-state index >= 15 is 0 Å². The van der Waals surface area contributed by atoms with E-state index in [4.69, 9.17) is 0 Å². The zero-order valence-corrected chi connectivity index (χ0v) is 18.0. The topological polar surface area (TPSA) is 4.93 Å². The van der Waals surface area contributed by atoms with Crippen LogP contribution in [0.2, 0.25) is 0 Å². The Bertz CT molecular complexity index is 1520. The summed E-state index contributed by atoms with van der Waals surface area (Å²) >= 11 is 0. The van der Waals surface area contributed by atoms with Crippen molar-refractivity contribution in [1.29, 1.82) is 0 Å². The molecular formula is C31H23N. The summed E-state index contributed by atoms with van der Waals surface area (Å²) < 4.78 is 2.40. The molecule has 5 aromatic carbocycles. The Morgan fingerprint density at radius 1 is 0.469 bits per heavy atom. The third-order valence-corrected chi connectivity index (χ3v) is 6.22. The Labute approximate surface area is 188 Å². The molecular weight excluding hydrogens is 386 g/mol. The Kier molecular flexibility index (Phi) is 4.40. The molecule has 0 fully saturated rings. The van der Waals surface area contributed by atoms with Gasteiger partial charge in [-0.3, -0.25) is 0 Å². The van der Waals surface area contributed by atoms with Gasteiger partial charge in [0.2, 0.25) is 0 Å². The maximum atomic E-state index is 2.40. The first-order chi connectivity index (χ1) is 15.8. The SMILES string of the molecule is Cc1cc(-c2ccccc2-c2ccccc2)cc(-n2c3ccccc3c3ccccc32)c1. The monoisotopic (exact) mass is 409 g/mol. The minimum absolute atomic E-state index is 1.19. The van der Waals surface area contributed by atoms with Crippen molar-refractivity contribution in [2.75, 3.05) is 0 Å². The van der Waals surface area contributed by atoms with Crippen LogP contribution in [-0.4, -0.2) is 4.57 Å². The van der Waals surface area contributed by atoms with Gasteiger partial charge >= 0.3 is 0 Å². The lowest BCUT2D eigenvalue weighted by molar-refractivity contribution is 1.17. The van der Waals surface area contributed by atoms with Crippen molar-refractivity contribution in [1.82, 2.24) is 4.57 Å².